The van der Waals surface area contributed by atoms with E-state index in [4.69, 9.17) is 0 Å². The molecule has 10 nitrogen and oxygen atoms in total. The number of phenolic OH excluding ortho intramolecular Hbond substituents is 5. The van der Waals surface area contributed by atoms with Crippen LogP contribution in [-0.4, -0.2) is 49.7 Å². The van der Waals surface area contributed by atoms with Crippen molar-refractivity contribution >= 4 is 23.3 Å². The molecule has 0 aromatic heterocycles. The van der Waals surface area contributed by atoms with Gasteiger partial charge in [-0.05, 0) is 53.6 Å². The van der Waals surface area contributed by atoms with E-state index in [1.54, 1.807) is 12.1 Å². The highest BCUT2D eigenvalue weighted by Gasteiger charge is 2.21. The van der Waals surface area contributed by atoms with E-state index in [1.807, 2.05) is 0 Å². The molecule has 0 aliphatic heterocycles. The minimum absolute atomic E-state index is 0.0235. The average Bonchev–Trinajstić information content (AvgIpc) is 2.86. The van der Waals surface area contributed by atoms with Gasteiger partial charge in [0.1, 0.15) is 28.7 Å². The molecule has 0 atom stereocenters. The molecule has 194 valence electrons. The van der Waals surface area contributed by atoms with E-state index >= 15 is 0 Å². The zero-order valence-corrected chi connectivity index (χ0v) is 20.0. The van der Waals surface area contributed by atoms with Crippen LogP contribution < -0.4 is 5.32 Å². The number of para-hydroxylation sites is 1. The number of hydrogen-bond donors (Lipinski definition) is 7. The summed E-state index contributed by atoms with van der Waals surface area (Å²) in [6.07, 6.45) is 0.0296. The first kappa shape index (κ1) is 25.7. The van der Waals surface area contributed by atoms with Crippen molar-refractivity contribution in [2.24, 2.45) is 0 Å². The number of aromatic hydroxyl groups is 5. The first-order valence-electron chi connectivity index (χ1n) is 11.2. The second-order valence-corrected chi connectivity index (χ2v) is 8.39. The average molecular weight is 517 g/mol. The monoisotopic (exact) mass is 517 g/mol. The molecule has 0 heterocycles. The topological polar surface area (TPSA) is 177 Å². The molecule has 0 saturated carbocycles. The Morgan fingerprint density at radius 3 is 1.92 bits per heavy atom. The van der Waals surface area contributed by atoms with E-state index in [0.29, 0.717) is 11.1 Å². The van der Waals surface area contributed by atoms with Crippen molar-refractivity contribution in [2.45, 2.75) is 6.42 Å². The van der Waals surface area contributed by atoms with Gasteiger partial charge in [0, 0.05) is 24.2 Å². The predicted octanol–water partition coefficient (Wildman–Crippen LogP) is 4.70. The minimum atomic E-state index is -1.17. The number of esters is 1. The summed E-state index contributed by atoms with van der Waals surface area (Å²) in [7, 11) is 1.23. The highest BCUT2D eigenvalue weighted by atomic mass is 16.5. The Morgan fingerprint density at radius 1 is 0.763 bits per heavy atom. The molecule has 4 aromatic rings. The zero-order valence-electron chi connectivity index (χ0n) is 20.0. The SMILES string of the molecule is COC(=O)c1ccc(O)c(Cc2cc(O)c(-c3c(O)cc(Nc4ccccc4C(=O)O)cc3O)c(O)c2)c1. The van der Waals surface area contributed by atoms with Gasteiger partial charge >= 0.3 is 11.9 Å². The number of ether oxygens (including phenoxy) is 1. The molecule has 0 spiro atoms. The Hall–Kier alpha value is -5.38. The Bertz CT molecular complexity index is 1520. The number of methoxy groups -OCH3 is 1. The van der Waals surface area contributed by atoms with Crippen molar-refractivity contribution < 1.29 is 45.0 Å². The molecular weight excluding hydrogens is 494 g/mol. The first-order chi connectivity index (χ1) is 18.1. The van der Waals surface area contributed by atoms with Crippen molar-refractivity contribution in [3.63, 3.8) is 0 Å². The number of carbonyl (C=O) groups is 2. The third-order valence-electron chi connectivity index (χ3n) is 5.83. The maximum Gasteiger partial charge on any atom is 0.337 e. The van der Waals surface area contributed by atoms with Crippen LogP contribution in [0.5, 0.6) is 28.7 Å². The molecule has 0 amide bonds. The molecule has 0 saturated heterocycles. The van der Waals surface area contributed by atoms with Gasteiger partial charge in [0.25, 0.3) is 0 Å². The number of carboxylic acid groups (broad SMARTS) is 1. The normalized spacial score (nSPS) is 10.7. The standard InChI is InChI=1S/C28H23NO9/c1-38-28(37)15-6-7-20(30)16(11-15)8-14-9-21(31)25(22(32)10-14)26-23(33)12-17(13-24(26)34)29-19-5-3-2-4-18(19)27(35)36/h2-7,9-13,29-34H,8H2,1H3,(H,35,36). The number of nitrogens with one attached hydrogen (secondary N) is 1. The maximum atomic E-state index is 11.8. The summed E-state index contributed by atoms with van der Waals surface area (Å²) < 4.78 is 4.69. The van der Waals surface area contributed by atoms with Gasteiger partial charge in [-0.1, -0.05) is 12.1 Å². The van der Waals surface area contributed by atoms with Gasteiger partial charge in [-0.25, -0.2) is 9.59 Å². The fourth-order valence-corrected chi connectivity index (χ4v) is 4.09. The predicted molar refractivity (Wildman–Crippen MR) is 137 cm³/mol. The van der Waals surface area contributed by atoms with Crippen molar-refractivity contribution in [2.75, 3.05) is 12.4 Å². The molecule has 4 rings (SSSR count). The van der Waals surface area contributed by atoms with Gasteiger partial charge in [-0.2, -0.15) is 0 Å². The molecule has 0 radical (unpaired) electrons. The van der Waals surface area contributed by atoms with Crippen LogP contribution in [-0.2, 0) is 11.2 Å². The smallest absolute Gasteiger partial charge is 0.337 e. The lowest BCUT2D eigenvalue weighted by atomic mass is 9.95. The highest BCUT2D eigenvalue weighted by molar-refractivity contribution is 5.95. The van der Waals surface area contributed by atoms with Gasteiger partial charge in [0.05, 0.1) is 35.1 Å². The van der Waals surface area contributed by atoms with E-state index in [-0.39, 0.29) is 45.8 Å². The number of phenols is 5. The maximum absolute atomic E-state index is 11.8. The van der Waals surface area contributed by atoms with Crippen LogP contribution >= 0.6 is 0 Å². The summed E-state index contributed by atoms with van der Waals surface area (Å²) in [4.78, 5) is 23.3. The van der Waals surface area contributed by atoms with Crippen LogP contribution in [0.25, 0.3) is 11.1 Å². The third-order valence-corrected chi connectivity index (χ3v) is 5.83. The molecule has 0 fully saturated rings. The number of benzene rings is 4. The Labute approximate surface area is 216 Å². The van der Waals surface area contributed by atoms with E-state index in [2.05, 4.69) is 10.1 Å². The van der Waals surface area contributed by atoms with E-state index in [9.17, 15) is 40.2 Å². The quantitative estimate of drug-likeness (QED) is 0.170. The highest BCUT2D eigenvalue weighted by Crippen LogP contribution is 2.48. The fourth-order valence-electron chi connectivity index (χ4n) is 4.09. The van der Waals surface area contributed by atoms with Crippen LogP contribution in [0, 0.1) is 0 Å². The van der Waals surface area contributed by atoms with E-state index in [0.717, 1.165) is 0 Å². The molecule has 4 aromatic carbocycles. The molecule has 10 heteroatoms. The minimum Gasteiger partial charge on any atom is -0.508 e. The van der Waals surface area contributed by atoms with E-state index < -0.39 is 34.9 Å². The van der Waals surface area contributed by atoms with Gasteiger partial charge < -0.3 is 40.7 Å². The molecular formula is C28H23NO9. The summed E-state index contributed by atoms with van der Waals surface area (Å²) >= 11 is 0. The summed E-state index contributed by atoms with van der Waals surface area (Å²) in [6.45, 7) is 0. The number of rotatable bonds is 7. The number of carbonyl (C=O) groups excluding carboxylic acids is 1. The molecule has 0 bridgehead atoms. The summed E-state index contributed by atoms with van der Waals surface area (Å²) in [6, 6.07) is 15.2. The van der Waals surface area contributed by atoms with Gasteiger partial charge in [-0.3, -0.25) is 0 Å². The van der Waals surface area contributed by atoms with Crippen molar-refractivity contribution in [3.05, 3.63) is 89.0 Å². The lowest BCUT2D eigenvalue weighted by Crippen LogP contribution is -2.02. The Kier molecular flexibility index (Phi) is 6.98. The first-order valence-corrected chi connectivity index (χ1v) is 11.2. The molecule has 38 heavy (non-hydrogen) atoms. The number of aromatic carboxylic acids is 1. The summed E-state index contributed by atoms with van der Waals surface area (Å²) in [5, 5.41) is 65.1. The van der Waals surface area contributed by atoms with Gasteiger partial charge in [0.15, 0.2) is 0 Å². The second kappa shape index (κ2) is 10.3. The van der Waals surface area contributed by atoms with Crippen LogP contribution in [0.3, 0.4) is 0 Å². The second-order valence-electron chi connectivity index (χ2n) is 8.39. The lowest BCUT2D eigenvalue weighted by molar-refractivity contribution is 0.0599. The van der Waals surface area contributed by atoms with E-state index in [1.165, 1.54) is 61.7 Å². The lowest BCUT2D eigenvalue weighted by Gasteiger charge is -2.16. The largest absolute Gasteiger partial charge is 0.508 e. The van der Waals surface area contributed by atoms with Crippen LogP contribution in [0.15, 0.2) is 66.7 Å². The molecule has 0 aliphatic carbocycles. The van der Waals surface area contributed by atoms with Crippen molar-refractivity contribution in [1.82, 2.24) is 0 Å². The van der Waals surface area contributed by atoms with Gasteiger partial charge in [-0.15, -0.1) is 0 Å². The molecule has 7 N–H and O–H groups in total. The van der Waals surface area contributed by atoms with Crippen molar-refractivity contribution in [1.29, 1.82) is 0 Å². The number of anilines is 2. The number of hydrogen-bond acceptors (Lipinski definition) is 9. The Balaban J connectivity index is 1.67. The van der Waals surface area contributed by atoms with Crippen molar-refractivity contribution in [3.8, 4) is 39.9 Å². The third kappa shape index (κ3) is 5.09. The van der Waals surface area contributed by atoms with Crippen LogP contribution in [0.2, 0.25) is 0 Å². The summed E-state index contributed by atoms with van der Waals surface area (Å²) in [5.74, 6) is -3.80. The molecule has 0 aliphatic rings. The Morgan fingerprint density at radius 2 is 1.34 bits per heavy atom. The number of carboxylic acids is 1. The van der Waals surface area contributed by atoms with Crippen LogP contribution in [0.1, 0.15) is 31.8 Å². The fraction of sp³-hybridized carbons (Fsp3) is 0.0714. The van der Waals surface area contributed by atoms with Crippen LogP contribution in [0.4, 0.5) is 11.4 Å². The summed E-state index contributed by atoms with van der Waals surface area (Å²) in [5.41, 5.74) is 0.776. The molecule has 0 unspecified atom stereocenters. The zero-order chi connectivity index (χ0) is 27.6. The van der Waals surface area contributed by atoms with Gasteiger partial charge in [0.2, 0.25) is 0 Å².